The standard InChI is InChI=1S/C12H19NS/c1-9-6-7-14-12(9)10(2)13-8-11-4-3-5-11/h6-7,10-11,13H,3-5,8H2,1-2H3. The van der Waals surface area contributed by atoms with E-state index in [1.54, 1.807) is 0 Å². The molecule has 0 aromatic carbocycles. The molecule has 0 saturated heterocycles. The van der Waals surface area contributed by atoms with Gasteiger partial charge in [0.15, 0.2) is 0 Å². The lowest BCUT2D eigenvalue weighted by atomic mass is 9.85. The third-order valence-electron chi connectivity index (χ3n) is 3.23. The van der Waals surface area contributed by atoms with E-state index in [0.29, 0.717) is 6.04 Å². The van der Waals surface area contributed by atoms with E-state index in [2.05, 4.69) is 30.6 Å². The summed E-state index contributed by atoms with van der Waals surface area (Å²) >= 11 is 1.87. The van der Waals surface area contributed by atoms with Crippen LogP contribution in [0.2, 0.25) is 0 Å². The number of nitrogens with one attached hydrogen (secondary N) is 1. The van der Waals surface area contributed by atoms with E-state index in [9.17, 15) is 0 Å². The van der Waals surface area contributed by atoms with Gasteiger partial charge in [-0.1, -0.05) is 6.42 Å². The number of aryl methyl sites for hydroxylation is 1. The normalized spacial score (nSPS) is 19.3. The van der Waals surface area contributed by atoms with Crippen LogP contribution in [-0.4, -0.2) is 6.54 Å². The summed E-state index contributed by atoms with van der Waals surface area (Å²) in [5, 5.41) is 5.82. The molecule has 0 aliphatic heterocycles. The maximum Gasteiger partial charge on any atom is 0.0388 e. The van der Waals surface area contributed by atoms with Crippen LogP contribution in [0, 0.1) is 12.8 Å². The average molecular weight is 209 g/mol. The van der Waals surface area contributed by atoms with Gasteiger partial charge in [-0.05, 0) is 56.2 Å². The molecule has 1 atom stereocenters. The Labute approximate surface area is 90.5 Å². The van der Waals surface area contributed by atoms with E-state index in [-0.39, 0.29) is 0 Å². The largest absolute Gasteiger partial charge is 0.309 e. The maximum atomic E-state index is 3.64. The molecule has 0 radical (unpaired) electrons. The Balaban J connectivity index is 1.82. The molecule has 1 nitrogen and oxygen atoms in total. The molecule has 2 heteroatoms. The first kappa shape index (κ1) is 10.2. The Kier molecular flexibility index (Phi) is 3.24. The fourth-order valence-electron chi connectivity index (χ4n) is 1.96. The zero-order chi connectivity index (χ0) is 9.97. The molecule has 78 valence electrons. The van der Waals surface area contributed by atoms with Crippen molar-refractivity contribution in [3.8, 4) is 0 Å². The fraction of sp³-hybridized carbons (Fsp3) is 0.667. The molecule has 0 spiro atoms. The van der Waals surface area contributed by atoms with Gasteiger partial charge in [0.05, 0.1) is 0 Å². The topological polar surface area (TPSA) is 12.0 Å². The molecule has 1 unspecified atom stereocenters. The van der Waals surface area contributed by atoms with Gasteiger partial charge < -0.3 is 5.32 Å². The van der Waals surface area contributed by atoms with Gasteiger partial charge in [-0.25, -0.2) is 0 Å². The molecule has 1 aromatic rings. The molecule has 1 saturated carbocycles. The van der Waals surface area contributed by atoms with Gasteiger partial charge in [-0.2, -0.15) is 0 Å². The molecule has 0 amide bonds. The highest BCUT2D eigenvalue weighted by molar-refractivity contribution is 7.10. The Morgan fingerprint density at radius 1 is 1.57 bits per heavy atom. The van der Waals surface area contributed by atoms with Crippen molar-refractivity contribution >= 4 is 11.3 Å². The second-order valence-corrected chi connectivity index (χ2v) is 5.34. The van der Waals surface area contributed by atoms with E-state index in [4.69, 9.17) is 0 Å². The quantitative estimate of drug-likeness (QED) is 0.800. The van der Waals surface area contributed by atoms with Gasteiger partial charge in [0.2, 0.25) is 0 Å². The van der Waals surface area contributed by atoms with Crippen LogP contribution in [0.5, 0.6) is 0 Å². The van der Waals surface area contributed by atoms with E-state index in [1.807, 2.05) is 11.3 Å². The zero-order valence-electron chi connectivity index (χ0n) is 9.05. The SMILES string of the molecule is Cc1ccsc1C(C)NCC1CCC1. The molecule has 0 bridgehead atoms. The monoisotopic (exact) mass is 209 g/mol. The molecule has 1 N–H and O–H groups in total. The first-order chi connectivity index (χ1) is 6.77. The molecule has 2 rings (SSSR count). The van der Waals surface area contributed by atoms with E-state index in [0.717, 1.165) is 5.92 Å². The van der Waals surface area contributed by atoms with Crippen LogP contribution in [-0.2, 0) is 0 Å². The number of thiophene rings is 1. The Hall–Kier alpha value is -0.340. The van der Waals surface area contributed by atoms with Crippen LogP contribution in [0.25, 0.3) is 0 Å². The minimum absolute atomic E-state index is 0.538. The summed E-state index contributed by atoms with van der Waals surface area (Å²) in [4.78, 5) is 1.50. The summed E-state index contributed by atoms with van der Waals surface area (Å²) in [6, 6.07) is 2.75. The Morgan fingerprint density at radius 3 is 2.86 bits per heavy atom. The van der Waals surface area contributed by atoms with Gasteiger partial charge in [-0.15, -0.1) is 11.3 Å². The Bertz CT molecular complexity index is 288. The van der Waals surface area contributed by atoms with Crippen LogP contribution in [0.1, 0.15) is 42.7 Å². The zero-order valence-corrected chi connectivity index (χ0v) is 9.86. The van der Waals surface area contributed by atoms with Gasteiger partial charge in [0.25, 0.3) is 0 Å². The lowest BCUT2D eigenvalue weighted by Crippen LogP contribution is -2.29. The van der Waals surface area contributed by atoms with Crippen LogP contribution in [0.4, 0.5) is 0 Å². The summed E-state index contributed by atoms with van der Waals surface area (Å²) in [6.07, 6.45) is 4.31. The van der Waals surface area contributed by atoms with Gasteiger partial charge in [-0.3, -0.25) is 0 Å². The van der Waals surface area contributed by atoms with Crippen molar-refractivity contribution in [2.75, 3.05) is 6.54 Å². The van der Waals surface area contributed by atoms with Gasteiger partial charge in [0, 0.05) is 10.9 Å². The van der Waals surface area contributed by atoms with Crippen molar-refractivity contribution in [3.63, 3.8) is 0 Å². The van der Waals surface area contributed by atoms with Crippen molar-refractivity contribution < 1.29 is 0 Å². The van der Waals surface area contributed by atoms with E-state index < -0.39 is 0 Å². The molecule has 1 aliphatic carbocycles. The lowest BCUT2D eigenvalue weighted by Gasteiger charge is -2.27. The van der Waals surface area contributed by atoms with Crippen molar-refractivity contribution in [1.29, 1.82) is 0 Å². The van der Waals surface area contributed by atoms with E-state index in [1.165, 1.54) is 36.2 Å². The van der Waals surface area contributed by atoms with Crippen molar-refractivity contribution in [1.82, 2.24) is 5.32 Å². The highest BCUT2D eigenvalue weighted by Gasteiger charge is 2.18. The number of hydrogen-bond donors (Lipinski definition) is 1. The highest BCUT2D eigenvalue weighted by Crippen LogP contribution is 2.27. The third kappa shape index (κ3) is 2.18. The molecule has 14 heavy (non-hydrogen) atoms. The summed E-state index contributed by atoms with van der Waals surface area (Å²) in [5.41, 5.74) is 1.43. The molecule has 1 fully saturated rings. The smallest absolute Gasteiger partial charge is 0.0388 e. The lowest BCUT2D eigenvalue weighted by molar-refractivity contribution is 0.293. The number of rotatable bonds is 4. The molecule has 1 aliphatic rings. The summed E-state index contributed by atoms with van der Waals surface area (Å²) in [7, 11) is 0. The summed E-state index contributed by atoms with van der Waals surface area (Å²) < 4.78 is 0. The average Bonchev–Trinajstić information content (AvgIpc) is 2.48. The minimum atomic E-state index is 0.538. The van der Waals surface area contributed by atoms with Crippen molar-refractivity contribution in [2.24, 2.45) is 5.92 Å². The number of hydrogen-bond acceptors (Lipinski definition) is 2. The second-order valence-electron chi connectivity index (χ2n) is 4.39. The van der Waals surface area contributed by atoms with Crippen LogP contribution < -0.4 is 5.32 Å². The Morgan fingerprint density at radius 2 is 2.36 bits per heavy atom. The first-order valence-electron chi connectivity index (χ1n) is 5.54. The predicted octanol–water partition coefficient (Wildman–Crippen LogP) is 3.51. The van der Waals surface area contributed by atoms with Crippen molar-refractivity contribution in [2.45, 2.75) is 39.2 Å². The molecule has 1 heterocycles. The summed E-state index contributed by atoms with van der Waals surface area (Å²) in [6.45, 7) is 5.68. The van der Waals surface area contributed by atoms with Crippen LogP contribution in [0.3, 0.4) is 0 Å². The van der Waals surface area contributed by atoms with E-state index >= 15 is 0 Å². The second kappa shape index (κ2) is 4.45. The first-order valence-corrected chi connectivity index (χ1v) is 6.42. The van der Waals surface area contributed by atoms with Gasteiger partial charge in [0.1, 0.15) is 0 Å². The minimum Gasteiger partial charge on any atom is -0.309 e. The van der Waals surface area contributed by atoms with Crippen LogP contribution >= 0.6 is 11.3 Å². The van der Waals surface area contributed by atoms with Gasteiger partial charge >= 0.3 is 0 Å². The predicted molar refractivity (Wildman–Crippen MR) is 62.8 cm³/mol. The summed E-state index contributed by atoms with van der Waals surface area (Å²) in [5.74, 6) is 0.956. The van der Waals surface area contributed by atoms with Crippen molar-refractivity contribution in [3.05, 3.63) is 21.9 Å². The molecular weight excluding hydrogens is 190 g/mol. The fourth-order valence-corrected chi connectivity index (χ4v) is 2.92. The molecular formula is C12H19NS. The third-order valence-corrected chi connectivity index (χ3v) is 4.43. The highest BCUT2D eigenvalue weighted by atomic mass is 32.1. The van der Waals surface area contributed by atoms with Crippen LogP contribution in [0.15, 0.2) is 11.4 Å². The maximum absolute atomic E-state index is 3.64. The molecule has 1 aromatic heterocycles.